The summed E-state index contributed by atoms with van der Waals surface area (Å²) < 4.78 is 11.4. The van der Waals surface area contributed by atoms with Crippen LogP contribution in [0.5, 0.6) is 0 Å². The van der Waals surface area contributed by atoms with Gasteiger partial charge in [-0.2, -0.15) is 0 Å². The van der Waals surface area contributed by atoms with E-state index in [1.165, 1.54) is 0 Å². The predicted octanol–water partition coefficient (Wildman–Crippen LogP) is 5.13. The van der Waals surface area contributed by atoms with Crippen molar-refractivity contribution in [1.29, 1.82) is 0 Å². The van der Waals surface area contributed by atoms with E-state index in [0.717, 1.165) is 41.6 Å². The van der Waals surface area contributed by atoms with Crippen molar-refractivity contribution in [2.24, 2.45) is 11.8 Å². The summed E-state index contributed by atoms with van der Waals surface area (Å²) in [6.45, 7) is 16.7. The summed E-state index contributed by atoms with van der Waals surface area (Å²) in [5.74, 6) is -0.153. The zero-order valence-electron chi connectivity index (χ0n) is 17.9. The fourth-order valence-electron chi connectivity index (χ4n) is 5.72. The lowest BCUT2D eigenvalue weighted by Crippen LogP contribution is -2.29. The number of esters is 2. The fourth-order valence-corrected chi connectivity index (χ4v) is 5.72. The molecule has 29 heavy (non-hydrogen) atoms. The summed E-state index contributed by atoms with van der Waals surface area (Å²) in [6, 6.07) is 0. The fraction of sp³-hybridized carbons (Fsp3) is 0.520. The highest BCUT2D eigenvalue weighted by Crippen LogP contribution is 2.52. The van der Waals surface area contributed by atoms with Gasteiger partial charge in [0.05, 0.1) is 0 Å². The first-order valence-electron chi connectivity index (χ1n) is 10.5. The van der Waals surface area contributed by atoms with Gasteiger partial charge in [-0.15, -0.1) is 0 Å². The molecule has 2 atom stereocenters. The van der Waals surface area contributed by atoms with Gasteiger partial charge in [0, 0.05) is 22.3 Å². The third-order valence-corrected chi connectivity index (χ3v) is 6.86. The van der Waals surface area contributed by atoms with E-state index >= 15 is 0 Å². The third-order valence-electron chi connectivity index (χ3n) is 6.86. The Balaban J connectivity index is 1.86. The van der Waals surface area contributed by atoms with Crippen LogP contribution in [-0.2, 0) is 19.1 Å². The number of allylic oxidation sites excluding steroid dienone is 2. The first kappa shape index (κ1) is 19.9. The molecule has 0 N–H and O–H groups in total. The minimum Gasteiger partial charge on any atom is -0.451 e. The number of rotatable bonds is 0. The Kier molecular flexibility index (Phi) is 4.52. The van der Waals surface area contributed by atoms with Crippen LogP contribution in [0.3, 0.4) is 0 Å². The molecule has 0 aromatic heterocycles. The van der Waals surface area contributed by atoms with Crippen molar-refractivity contribution in [3.8, 4) is 0 Å². The van der Waals surface area contributed by atoms with Gasteiger partial charge in [-0.05, 0) is 76.4 Å². The number of carbonyl (C=O) groups excluding carboxylic acids is 2. The zero-order chi connectivity index (χ0) is 21.1. The van der Waals surface area contributed by atoms with Crippen molar-refractivity contribution in [3.05, 3.63) is 58.7 Å². The second kappa shape index (κ2) is 6.58. The molecule has 154 valence electrons. The van der Waals surface area contributed by atoms with E-state index in [4.69, 9.17) is 9.47 Å². The van der Waals surface area contributed by atoms with Gasteiger partial charge in [0.25, 0.3) is 0 Å². The van der Waals surface area contributed by atoms with E-state index in [2.05, 4.69) is 13.2 Å². The van der Waals surface area contributed by atoms with Crippen molar-refractivity contribution in [3.63, 3.8) is 0 Å². The van der Waals surface area contributed by atoms with Crippen LogP contribution in [-0.4, -0.2) is 23.1 Å². The number of cyclic esters (lactones) is 2. The Morgan fingerprint density at radius 2 is 1.17 bits per heavy atom. The van der Waals surface area contributed by atoms with Crippen LogP contribution in [0.4, 0.5) is 0 Å². The molecule has 2 heterocycles. The number of fused-ring (bicyclic) bond motifs is 1. The molecule has 1 saturated carbocycles. The lowest BCUT2D eigenvalue weighted by molar-refractivity contribution is -0.145. The van der Waals surface area contributed by atoms with Crippen molar-refractivity contribution < 1.29 is 19.1 Å². The molecular formula is C25H30O4. The zero-order valence-corrected chi connectivity index (χ0v) is 17.9. The SMILES string of the molecule is C=C1C2=C(C/C=C\CC3=C(C(=C)[C@@H]4CCC[C@H]14)C(C)(C)OC3=O)C(=O)OC2(C)C. The lowest BCUT2D eigenvalue weighted by Gasteiger charge is -2.32. The molecular weight excluding hydrogens is 364 g/mol. The summed E-state index contributed by atoms with van der Waals surface area (Å²) in [6.07, 6.45) is 7.93. The van der Waals surface area contributed by atoms with E-state index in [-0.39, 0.29) is 23.8 Å². The Morgan fingerprint density at radius 1 is 0.793 bits per heavy atom. The van der Waals surface area contributed by atoms with Gasteiger partial charge >= 0.3 is 11.9 Å². The highest BCUT2D eigenvalue weighted by atomic mass is 16.6. The molecule has 0 saturated heterocycles. The lowest BCUT2D eigenvalue weighted by atomic mass is 9.73. The number of ether oxygens (including phenoxy) is 2. The van der Waals surface area contributed by atoms with Crippen LogP contribution in [0.1, 0.15) is 59.8 Å². The standard InChI is InChI=1S/C25H30O4/c1-14-16-12-9-13-17(16)15(2)21-19(23(27)29-25(21,5)6)11-8-7-10-18-20(14)24(3,4)28-22(18)26/h7-8,16-17H,1-2,9-13H2,3-6H3/b8-7-/t16-,17+. The van der Waals surface area contributed by atoms with Crippen molar-refractivity contribution in [2.45, 2.75) is 71.0 Å². The minimum absolute atomic E-state index is 0.185. The van der Waals surface area contributed by atoms with Crippen LogP contribution in [0.2, 0.25) is 0 Å². The minimum atomic E-state index is -0.675. The maximum atomic E-state index is 12.6. The van der Waals surface area contributed by atoms with Crippen LogP contribution >= 0.6 is 0 Å². The molecule has 0 unspecified atom stereocenters. The van der Waals surface area contributed by atoms with Crippen molar-refractivity contribution in [2.75, 3.05) is 0 Å². The smallest absolute Gasteiger partial charge is 0.335 e. The number of hydrogen-bond acceptors (Lipinski definition) is 4. The molecule has 4 heteroatoms. The third kappa shape index (κ3) is 3.04. The molecule has 0 aromatic rings. The van der Waals surface area contributed by atoms with E-state index in [1.54, 1.807) is 0 Å². The maximum Gasteiger partial charge on any atom is 0.335 e. The highest BCUT2D eigenvalue weighted by Gasteiger charge is 2.48. The van der Waals surface area contributed by atoms with Gasteiger partial charge in [0.15, 0.2) is 0 Å². The van der Waals surface area contributed by atoms with E-state index < -0.39 is 11.2 Å². The van der Waals surface area contributed by atoms with Gasteiger partial charge in [-0.25, -0.2) is 9.59 Å². The first-order valence-corrected chi connectivity index (χ1v) is 10.5. The maximum absolute atomic E-state index is 12.6. The molecule has 0 radical (unpaired) electrons. The van der Waals surface area contributed by atoms with Crippen molar-refractivity contribution >= 4 is 11.9 Å². The molecule has 4 rings (SSSR count). The summed E-state index contributed by atoms with van der Waals surface area (Å²) in [7, 11) is 0. The topological polar surface area (TPSA) is 52.6 Å². The van der Waals surface area contributed by atoms with Gasteiger partial charge in [-0.3, -0.25) is 0 Å². The van der Waals surface area contributed by atoms with Gasteiger partial charge in [0.2, 0.25) is 0 Å². The van der Waals surface area contributed by atoms with Crippen LogP contribution < -0.4 is 0 Å². The normalized spacial score (nSPS) is 32.1. The molecule has 2 aliphatic heterocycles. The first-order chi connectivity index (χ1) is 13.5. The largest absolute Gasteiger partial charge is 0.451 e. The molecule has 0 bridgehead atoms. The molecule has 0 aromatic carbocycles. The average molecular weight is 395 g/mol. The molecule has 1 fully saturated rings. The number of carbonyl (C=O) groups is 2. The van der Waals surface area contributed by atoms with E-state index in [1.807, 2.05) is 39.8 Å². The Hall–Kier alpha value is -2.36. The monoisotopic (exact) mass is 394 g/mol. The Morgan fingerprint density at radius 3 is 1.55 bits per heavy atom. The quantitative estimate of drug-likeness (QED) is 0.422. The van der Waals surface area contributed by atoms with E-state index in [9.17, 15) is 9.59 Å². The summed E-state index contributed by atoms with van der Waals surface area (Å²) >= 11 is 0. The molecule has 4 nitrogen and oxygen atoms in total. The van der Waals surface area contributed by atoms with Crippen LogP contribution in [0, 0.1) is 11.8 Å². The average Bonchev–Trinajstić information content (AvgIpc) is 3.23. The summed E-state index contributed by atoms with van der Waals surface area (Å²) in [5, 5.41) is 0. The van der Waals surface area contributed by atoms with Gasteiger partial charge in [0.1, 0.15) is 11.2 Å². The second-order valence-electron chi connectivity index (χ2n) is 9.58. The molecule has 4 aliphatic rings. The van der Waals surface area contributed by atoms with Gasteiger partial charge in [-0.1, -0.05) is 31.7 Å². The van der Waals surface area contributed by atoms with Crippen LogP contribution in [0.15, 0.2) is 58.7 Å². The highest BCUT2D eigenvalue weighted by molar-refractivity contribution is 5.95. The Bertz CT molecular complexity index is 848. The number of hydrogen-bond donors (Lipinski definition) is 0. The van der Waals surface area contributed by atoms with Gasteiger partial charge < -0.3 is 9.47 Å². The van der Waals surface area contributed by atoms with E-state index in [0.29, 0.717) is 24.0 Å². The van der Waals surface area contributed by atoms with Crippen molar-refractivity contribution in [1.82, 2.24) is 0 Å². The second-order valence-corrected chi connectivity index (χ2v) is 9.58. The van der Waals surface area contributed by atoms with Crippen LogP contribution in [0.25, 0.3) is 0 Å². The molecule has 2 aliphatic carbocycles. The Labute approximate surface area is 173 Å². The summed E-state index contributed by atoms with van der Waals surface area (Å²) in [5.41, 5.74) is 3.90. The molecule has 0 spiro atoms. The predicted molar refractivity (Wildman–Crippen MR) is 112 cm³/mol. The molecule has 0 amide bonds. The summed E-state index contributed by atoms with van der Waals surface area (Å²) in [4.78, 5) is 25.2.